The SMILES string of the molecule is O=[SiH]C(Cl)Cl. The van der Waals surface area contributed by atoms with Gasteiger partial charge < -0.3 is 4.46 Å². The zero-order valence-electron chi connectivity index (χ0n) is 2.32. The molecular formula is CH2Cl2OSi. The van der Waals surface area contributed by atoms with Crippen molar-refractivity contribution in [2.45, 2.75) is 4.46 Å². The van der Waals surface area contributed by atoms with Gasteiger partial charge in [-0.25, -0.2) is 0 Å². The highest BCUT2D eigenvalue weighted by Gasteiger charge is 1.89. The summed E-state index contributed by atoms with van der Waals surface area (Å²) in [6.45, 7) is 0. The van der Waals surface area contributed by atoms with E-state index in [0.29, 0.717) is 0 Å². The summed E-state index contributed by atoms with van der Waals surface area (Å²) >= 11 is 9.90. The molecule has 1 nitrogen and oxygen atoms in total. The topological polar surface area (TPSA) is 17.1 Å². The van der Waals surface area contributed by atoms with Crippen LogP contribution in [0.2, 0.25) is 0 Å². The van der Waals surface area contributed by atoms with E-state index in [0.717, 1.165) is 0 Å². The van der Waals surface area contributed by atoms with Gasteiger partial charge in [0.15, 0.2) is 0 Å². The number of rotatable bonds is 1. The Morgan fingerprint density at radius 1 is 1.60 bits per heavy atom. The van der Waals surface area contributed by atoms with E-state index in [1.54, 1.807) is 0 Å². The lowest BCUT2D eigenvalue weighted by molar-refractivity contribution is 0.578. The Bertz CT molecular complexity index is 36.6. The molecule has 5 heavy (non-hydrogen) atoms. The monoisotopic (exact) mass is 128 g/mol. The first-order valence-corrected chi connectivity index (χ1v) is 3.02. The van der Waals surface area contributed by atoms with Crippen molar-refractivity contribution in [1.29, 1.82) is 0 Å². The predicted molar refractivity (Wildman–Crippen MR) is 23.3 cm³/mol. The minimum atomic E-state index is -0.988. The molecule has 0 rings (SSSR count). The highest BCUT2D eigenvalue weighted by atomic mass is 35.5. The van der Waals surface area contributed by atoms with Crippen LogP contribution in [-0.2, 0) is 4.46 Å². The van der Waals surface area contributed by atoms with Gasteiger partial charge in [-0.15, -0.1) is 23.2 Å². The molecule has 0 aliphatic rings. The van der Waals surface area contributed by atoms with Crippen LogP contribution in [0.1, 0.15) is 0 Å². The summed E-state index contributed by atoms with van der Waals surface area (Å²) < 4.78 is 8.81. The molecule has 0 aliphatic heterocycles. The van der Waals surface area contributed by atoms with Crippen LogP contribution in [0.25, 0.3) is 0 Å². The molecule has 0 spiro atoms. The van der Waals surface area contributed by atoms with Crippen LogP contribution in [-0.4, -0.2) is 13.9 Å². The first-order valence-electron chi connectivity index (χ1n) is 1.01. The van der Waals surface area contributed by atoms with Crippen LogP contribution >= 0.6 is 23.2 Å². The van der Waals surface area contributed by atoms with Gasteiger partial charge in [-0.1, -0.05) is 0 Å². The molecule has 0 aromatic carbocycles. The largest absolute Gasteiger partial charge is 0.389 e. The molecule has 0 fully saturated rings. The lowest BCUT2D eigenvalue weighted by Gasteiger charge is -1.71. The summed E-state index contributed by atoms with van der Waals surface area (Å²) in [5.74, 6) is 0. The van der Waals surface area contributed by atoms with Crippen molar-refractivity contribution in [3.63, 3.8) is 0 Å². The van der Waals surface area contributed by atoms with Crippen molar-refractivity contribution in [3.05, 3.63) is 0 Å². The Morgan fingerprint density at radius 2 is 1.80 bits per heavy atom. The van der Waals surface area contributed by atoms with Gasteiger partial charge in [0.1, 0.15) is 4.46 Å². The quantitative estimate of drug-likeness (QED) is 0.372. The highest BCUT2D eigenvalue weighted by Crippen LogP contribution is 1.92. The van der Waals surface area contributed by atoms with Crippen molar-refractivity contribution in [3.8, 4) is 0 Å². The molecule has 0 saturated carbocycles. The summed E-state index contributed by atoms with van der Waals surface area (Å²) in [4.78, 5) is 0. The van der Waals surface area contributed by atoms with E-state index in [9.17, 15) is 4.46 Å². The summed E-state index contributed by atoms with van der Waals surface area (Å²) in [5, 5.41) is 0. The molecule has 0 bridgehead atoms. The minimum absolute atomic E-state index is 0.644. The molecule has 0 aromatic heterocycles. The van der Waals surface area contributed by atoms with Crippen molar-refractivity contribution in [2.75, 3.05) is 0 Å². The van der Waals surface area contributed by atoms with Gasteiger partial charge in [0.2, 0.25) is 0 Å². The van der Waals surface area contributed by atoms with Crippen molar-refractivity contribution in [1.82, 2.24) is 0 Å². The Kier molecular flexibility index (Phi) is 3.15. The van der Waals surface area contributed by atoms with Crippen molar-refractivity contribution < 1.29 is 4.46 Å². The molecule has 0 heterocycles. The zero-order chi connectivity index (χ0) is 4.28. The second kappa shape index (κ2) is 2.81. The third-order valence-corrected chi connectivity index (χ3v) is 0.926. The Morgan fingerprint density at radius 3 is 1.80 bits per heavy atom. The molecule has 0 aromatic rings. The van der Waals surface area contributed by atoms with Crippen LogP contribution in [0.15, 0.2) is 0 Å². The van der Waals surface area contributed by atoms with Crippen LogP contribution in [0.5, 0.6) is 0 Å². The van der Waals surface area contributed by atoms with E-state index >= 15 is 0 Å². The third kappa shape index (κ3) is 4.60. The van der Waals surface area contributed by atoms with E-state index in [1.165, 1.54) is 0 Å². The van der Waals surface area contributed by atoms with Gasteiger partial charge in [0, 0.05) is 0 Å². The summed E-state index contributed by atoms with van der Waals surface area (Å²) in [6.07, 6.45) is 0. The molecular weight excluding hydrogens is 127 g/mol. The maximum absolute atomic E-state index is 9.45. The van der Waals surface area contributed by atoms with Crippen molar-refractivity contribution >= 4 is 32.6 Å². The molecule has 4 heteroatoms. The van der Waals surface area contributed by atoms with E-state index in [-0.39, 0.29) is 0 Å². The molecule has 0 saturated heterocycles. The second-order valence-electron chi connectivity index (χ2n) is 0.471. The van der Waals surface area contributed by atoms with E-state index < -0.39 is 13.9 Å². The Hall–Kier alpha value is 0.597. The van der Waals surface area contributed by atoms with E-state index in [2.05, 4.69) is 0 Å². The molecule has 0 N–H and O–H groups in total. The Labute approximate surface area is 42.1 Å². The third-order valence-electron chi connectivity index (χ3n) is 0.103. The molecule has 0 atom stereocenters. The first kappa shape index (κ1) is 5.60. The molecule has 0 radical (unpaired) electrons. The van der Waals surface area contributed by atoms with Gasteiger partial charge in [-0.2, -0.15) is 0 Å². The van der Waals surface area contributed by atoms with E-state index in [1.807, 2.05) is 0 Å². The number of hydrogen-bond acceptors (Lipinski definition) is 1. The van der Waals surface area contributed by atoms with E-state index in [4.69, 9.17) is 23.2 Å². The fourth-order valence-corrected chi connectivity index (χ4v) is 0. The number of hydrogen-bond donors (Lipinski definition) is 0. The van der Waals surface area contributed by atoms with Crippen LogP contribution < -0.4 is 0 Å². The van der Waals surface area contributed by atoms with Crippen molar-refractivity contribution in [2.24, 2.45) is 0 Å². The molecule has 0 amide bonds. The van der Waals surface area contributed by atoms with Gasteiger partial charge in [0.05, 0.1) is 0 Å². The fraction of sp³-hybridized carbons (Fsp3) is 1.00. The maximum Gasteiger partial charge on any atom is 0.295 e. The molecule has 0 unspecified atom stereocenters. The lowest BCUT2D eigenvalue weighted by Crippen LogP contribution is -1.84. The first-order chi connectivity index (χ1) is 2.27. The fourth-order valence-electron chi connectivity index (χ4n) is 0. The van der Waals surface area contributed by atoms with Crippen LogP contribution in [0.3, 0.4) is 0 Å². The highest BCUT2D eigenvalue weighted by molar-refractivity contribution is 6.62. The standard InChI is InChI=1S/CH2Cl2OSi/c2-1(3)5-4/h1,5H. The minimum Gasteiger partial charge on any atom is -0.389 e. The predicted octanol–water partition coefficient (Wildman–Crippen LogP) is 0.530. The molecule has 0 aliphatic carbocycles. The number of halogens is 2. The maximum atomic E-state index is 9.45. The average molecular weight is 129 g/mol. The Balaban J connectivity index is 2.83. The second-order valence-corrected chi connectivity index (χ2v) is 3.42. The van der Waals surface area contributed by atoms with Gasteiger partial charge in [-0.05, 0) is 0 Å². The lowest BCUT2D eigenvalue weighted by atomic mass is 11.9. The van der Waals surface area contributed by atoms with Gasteiger partial charge >= 0.3 is 0 Å². The summed E-state index contributed by atoms with van der Waals surface area (Å²) in [7, 11) is -0.988. The smallest absolute Gasteiger partial charge is 0.295 e. The summed E-state index contributed by atoms with van der Waals surface area (Å²) in [6, 6.07) is 0. The zero-order valence-corrected chi connectivity index (χ0v) is 4.99. The van der Waals surface area contributed by atoms with Crippen LogP contribution in [0.4, 0.5) is 0 Å². The molecule has 30 valence electrons. The van der Waals surface area contributed by atoms with Gasteiger partial charge in [0.25, 0.3) is 9.41 Å². The van der Waals surface area contributed by atoms with Gasteiger partial charge in [-0.3, -0.25) is 0 Å². The normalized spacial score (nSPS) is 8.60. The van der Waals surface area contributed by atoms with Crippen LogP contribution in [0, 0.1) is 0 Å². The number of alkyl halides is 2. The summed E-state index contributed by atoms with van der Waals surface area (Å²) in [5.41, 5.74) is 0. The average Bonchev–Trinajstić information content (AvgIpc) is 1.38.